The van der Waals surface area contributed by atoms with Gasteiger partial charge in [-0.1, -0.05) is 117 Å². The summed E-state index contributed by atoms with van der Waals surface area (Å²) in [7, 11) is -2.54. The molecule has 7 heteroatoms. The molecule has 0 amide bonds. The zero-order valence-corrected chi connectivity index (χ0v) is 25.5. The molecular weight excluding hydrogens is 549 g/mol. The van der Waals surface area contributed by atoms with Crippen LogP contribution in [0.4, 0.5) is 0 Å². The largest absolute Gasteiger partial charge is 0.508 e. The van der Waals surface area contributed by atoms with Crippen LogP contribution in [0.1, 0.15) is 51.5 Å². The third-order valence-electron chi connectivity index (χ3n) is 8.16. The van der Waals surface area contributed by atoms with Crippen molar-refractivity contribution in [2.45, 2.75) is 57.1 Å². The lowest BCUT2D eigenvalue weighted by Gasteiger charge is -2.49. The van der Waals surface area contributed by atoms with E-state index in [1.54, 1.807) is 12.1 Å². The van der Waals surface area contributed by atoms with E-state index in [1.807, 2.05) is 0 Å². The fourth-order valence-corrected chi connectivity index (χ4v) is 11.8. The summed E-state index contributed by atoms with van der Waals surface area (Å²) in [5.41, 5.74) is 0.713. The van der Waals surface area contributed by atoms with Gasteiger partial charge in [-0.25, -0.2) is 0 Å². The van der Waals surface area contributed by atoms with Crippen LogP contribution in [0, 0.1) is 5.92 Å². The molecule has 3 aromatic carbocycles. The average molecular weight is 585 g/mol. The SMILES string of the molecule is CC(C)(C)[Si](OC1CC(CN2C[C@@H](c3c(O)ccc(Cl)c3Cl)CC2=S)C1)(c1ccccc1)c1ccccc1. The summed E-state index contributed by atoms with van der Waals surface area (Å²) in [6.45, 7) is 8.65. The molecule has 38 heavy (non-hydrogen) atoms. The first-order valence-corrected chi connectivity index (χ1v) is 16.4. The van der Waals surface area contributed by atoms with Crippen molar-refractivity contribution in [2.75, 3.05) is 13.1 Å². The average Bonchev–Trinajstić information content (AvgIpc) is 3.23. The number of halogens is 2. The number of hydrogen-bond donors (Lipinski definition) is 1. The van der Waals surface area contributed by atoms with Gasteiger partial charge in [0, 0.05) is 37.1 Å². The van der Waals surface area contributed by atoms with Crippen LogP contribution >= 0.6 is 35.4 Å². The van der Waals surface area contributed by atoms with E-state index in [0.29, 0.717) is 27.9 Å². The van der Waals surface area contributed by atoms with Crippen LogP contribution in [0.15, 0.2) is 72.8 Å². The highest BCUT2D eigenvalue weighted by Gasteiger charge is 2.53. The number of phenolic OH excluding ortho intramolecular Hbond substituents is 1. The van der Waals surface area contributed by atoms with Gasteiger partial charge in [0.25, 0.3) is 8.32 Å². The normalized spacial score (nSPS) is 22.0. The maximum absolute atomic E-state index is 10.5. The first kappa shape index (κ1) is 27.7. The molecule has 1 aliphatic carbocycles. The molecular formula is C31H35Cl2NO2SSi. The van der Waals surface area contributed by atoms with E-state index in [-0.39, 0.29) is 22.8 Å². The quantitative estimate of drug-likeness (QED) is 0.236. The van der Waals surface area contributed by atoms with Crippen LogP contribution in [0.5, 0.6) is 5.75 Å². The van der Waals surface area contributed by atoms with Crippen molar-refractivity contribution in [3.63, 3.8) is 0 Å². The molecule has 1 N–H and O–H groups in total. The molecule has 5 rings (SSSR count). The van der Waals surface area contributed by atoms with Crippen molar-refractivity contribution in [3.8, 4) is 5.75 Å². The summed E-state index contributed by atoms with van der Waals surface area (Å²) in [6, 6.07) is 24.9. The van der Waals surface area contributed by atoms with Crippen LogP contribution in [0.25, 0.3) is 0 Å². The van der Waals surface area contributed by atoms with Crippen LogP contribution in [-0.4, -0.2) is 42.5 Å². The van der Waals surface area contributed by atoms with Crippen molar-refractivity contribution < 1.29 is 9.53 Å². The maximum Gasteiger partial charge on any atom is 0.261 e. The first-order valence-electron chi connectivity index (χ1n) is 13.3. The Morgan fingerprint density at radius 3 is 2.08 bits per heavy atom. The molecule has 2 fully saturated rings. The lowest BCUT2D eigenvalue weighted by molar-refractivity contribution is 0.0468. The Balaban J connectivity index is 1.30. The molecule has 0 unspecified atom stereocenters. The van der Waals surface area contributed by atoms with Gasteiger partial charge in [-0.15, -0.1) is 0 Å². The van der Waals surface area contributed by atoms with Crippen LogP contribution in [-0.2, 0) is 4.43 Å². The molecule has 1 atom stereocenters. The number of benzene rings is 3. The van der Waals surface area contributed by atoms with Crippen molar-refractivity contribution >= 4 is 59.1 Å². The van der Waals surface area contributed by atoms with Gasteiger partial charge in [0.15, 0.2) is 0 Å². The molecule has 200 valence electrons. The topological polar surface area (TPSA) is 32.7 Å². The van der Waals surface area contributed by atoms with Gasteiger partial charge in [0.1, 0.15) is 5.75 Å². The predicted octanol–water partition coefficient (Wildman–Crippen LogP) is 7.17. The summed E-state index contributed by atoms with van der Waals surface area (Å²) in [5.74, 6) is 0.771. The molecule has 1 saturated carbocycles. The molecule has 3 aromatic rings. The number of nitrogens with zero attached hydrogens (tertiary/aromatic N) is 1. The highest BCUT2D eigenvalue weighted by Crippen LogP contribution is 2.44. The predicted molar refractivity (Wildman–Crippen MR) is 165 cm³/mol. The van der Waals surface area contributed by atoms with Crippen molar-refractivity contribution in [3.05, 3.63) is 88.4 Å². The lowest BCUT2D eigenvalue weighted by atomic mass is 9.82. The third-order valence-corrected chi connectivity index (χ3v) is 14.5. The molecule has 0 spiro atoms. The molecule has 0 radical (unpaired) electrons. The fourth-order valence-electron chi connectivity index (χ4n) is 6.26. The molecule has 0 aromatic heterocycles. The minimum atomic E-state index is -2.54. The molecule has 0 bridgehead atoms. The van der Waals surface area contributed by atoms with Gasteiger partial charge in [-0.2, -0.15) is 0 Å². The Bertz CT molecular complexity index is 1250. The number of rotatable bonds is 7. The zero-order chi connectivity index (χ0) is 27.1. The molecule has 1 heterocycles. The number of hydrogen-bond acceptors (Lipinski definition) is 3. The molecule has 1 saturated heterocycles. The highest BCUT2D eigenvalue weighted by molar-refractivity contribution is 7.80. The van der Waals surface area contributed by atoms with Gasteiger partial charge in [0.05, 0.1) is 15.0 Å². The van der Waals surface area contributed by atoms with Gasteiger partial charge >= 0.3 is 0 Å². The first-order chi connectivity index (χ1) is 18.1. The van der Waals surface area contributed by atoms with Crippen molar-refractivity contribution in [1.82, 2.24) is 4.90 Å². The Kier molecular flexibility index (Phi) is 7.96. The van der Waals surface area contributed by atoms with Crippen LogP contribution in [0.2, 0.25) is 15.1 Å². The van der Waals surface area contributed by atoms with Gasteiger partial charge in [-0.3, -0.25) is 0 Å². The second-order valence-electron chi connectivity index (χ2n) is 11.7. The van der Waals surface area contributed by atoms with Crippen molar-refractivity contribution in [2.24, 2.45) is 5.92 Å². The minimum Gasteiger partial charge on any atom is -0.508 e. The van der Waals surface area contributed by atoms with E-state index in [2.05, 4.69) is 86.3 Å². The van der Waals surface area contributed by atoms with E-state index in [4.69, 9.17) is 39.8 Å². The second kappa shape index (κ2) is 10.9. The van der Waals surface area contributed by atoms with E-state index in [0.717, 1.165) is 30.9 Å². The Labute approximate surface area is 242 Å². The van der Waals surface area contributed by atoms with E-state index in [9.17, 15) is 5.11 Å². The van der Waals surface area contributed by atoms with Crippen LogP contribution in [0.3, 0.4) is 0 Å². The molecule has 3 nitrogen and oxygen atoms in total. The van der Waals surface area contributed by atoms with Gasteiger partial charge in [0.2, 0.25) is 0 Å². The smallest absolute Gasteiger partial charge is 0.261 e. The van der Waals surface area contributed by atoms with Crippen LogP contribution < -0.4 is 10.4 Å². The fraction of sp³-hybridized carbons (Fsp3) is 0.387. The summed E-state index contributed by atoms with van der Waals surface area (Å²) in [6.07, 6.45) is 2.98. The van der Waals surface area contributed by atoms with Gasteiger partial charge < -0.3 is 14.4 Å². The third kappa shape index (κ3) is 5.16. The standard InChI is InChI=1S/C31H35Cl2NO2SSi/c1-31(2,3)38(24-10-6-4-7-11-24,25-12-8-5-9-13-25)36-23-16-21(17-23)19-34-20-22(18-28(34)37)29-27(35)15-14-26(32)30(29)33/h4-15,21-23,35H,16-20H2,1-3H3/t21?,22-,23?/m0/s1. The summed E-state index contributed by atoms with van der Waals surface area (Å²) >= 11 is 18.5. The number of likely N-dealkylation sites (tertiary alicyclic amines) is 1. The summed E-state index contributed by atoms with van der Waals surface area (Å²) in [4.78, 5) is 3.22. The lowest BCUT2D eigenvalue weighted by Crippen LogP contribution is -2.68. The zero-order valence-electron chi connectivity index (χ0n) is 22.2. The number of aromatic hydroxyl groups is 1. The molecule has 2 aliphatic rings. The summed E-state index contributed by atoms with van der Waals surface area (Å²) in [5, 5.41) is 14.0. The monoisotopic (exact) mass is 583 g/mol. The van der Waals surface area contributed by atoms with Crippen molar-refractivity contribution in [1.29, 1.82) is 0 Å². The second-order valence-corrected chi connectivity index (χ2v) is 17.2. The minimum absolute atomic E-state index is 0.0250. The Hall–Kier alpha value is -1.89. The number of phenols is 1. The maximum atomic E-state index is 10.5. The van der Waals surface area contributed by atoms with E-state index < -0.39 is 8.32 Å². The van der Waals surface area contributed by atoms with Gasteiger partial charge in [-0.05, 0) is 46.3 Å². The van der Waals surface area contributed by atoms with E-state index >= 15 is 0 Å². The van der Waals surface area contributed by atoms with E-state index in [1.165, 1.54) is 10.4 Å². The summed E-state index contributed by atoms with van der Waals surface area (Å²) < 4.78 is 7.29. The highest BCUT2D eigenvalue weighted by atomic mass is 35.5. The number of thiocarbonyl (C=S) groups is 1. The molecule has 1 aliphatic heterocycles. The Morgan fingerprint density at radius 2 is 1.53 bits per heavy atom. The Morgan fingerprint density at radius 1 is 0.947 bits per heavy atom.